The lowest BCUT2D eigenvalue weighted by atomic mass is 9.83. The molecule has 0 radical (unpaired) electrons. The van der Waals surface area contributed by atoms with E-state index in [0.717, 1.165) is 34.5 Å². The van der Waals surface area contributed by atoms with Gasteiger partial charge < -0.3 is 0 Å². The van der Waals surface area contributed by atoms with Crippen molar-refractivity contribution in [3.63, 3.8) is 0 Å². The maximum absolute atomic E-state index is 13.8. The van der Waals surface area contributed by atoms with E-state index in [1.165, 1.54) is 33.6 Å². The molecule has 174 valence electrons. The summed E-state index contributed by atoms with van der Waals surface area (Å²) in [6.45, 7) is 4.37. The van der Waals surface area contributed by atoms with Crippen molar-refractivity contribution in [3.05, 3.63) is 131 Å². The molecule has 2 aliphatic rings. The van der Waals surface area contributed by atoms with Gasteiger partial charge in [0.05, 0.1) is 16.3 Å². The Morgan fingerprint density at radius 1 is 1.00 bits per heavy atom. The topological polar surface area (TPSA) is 34.4 Å². The molecular weight excluding hydrogens is 472 g/mol. The molecule has 0 N–H and O–H groups in total. The normalized spacial score (nSPS) is 17.1. The van der Waals surface area contributed by atoms with E-state index < -0.39 is 0 Å². The number of hydrogen-bond acceptors (Lipinski definition) is 3. The summed E-state index contributed by atoms with van der Waals surface area (Å²) >= 11 is 7.68. The fraction of sp³-hybridized carbons (Fsp3) is 0.200. The van der Waals surface area contributed by atoms with E-state index in [0.29, 0.717) is 15.5 Å². The second-order valence-electron chi connectivity index (χ2n) is 9.49. The first-order valence-corrected chi connectivity index (χ1v) is 13.2. The highest BCUT2D eigenvalue weighted by atomic mass is 35.5. The second kappa shape index (κ2) is 8.78. The van der Waals surface area contributed by atoms with E-state index in [-0.39, 0.29) is 11.6 Å². The van der Waals surface area contributed by atoms with Gasteiger partial charge in [-0.2, -0.15) is 0 Å². The van der Waals surface area contributed by atoms with Gasteiger partial charge in [-0.3, -0.25) is 9.36 Å². The zero-order chi connectivity index (χ0) is 24.1. The number of aromatic nitrogens is 1. The molecule has 5 heteroatoms. The van der Waals surface area contributed by atoms with Gasteiger partial charge in [0.2, 0.25) is 0 Å². The number of aryl methyl sites for hydroxylation is 1. The van der Waals surface area contributed by atoms with Gasteiger partial charge in [-0.15, -0.1) is 0 Å². The largest absolute Gasteiger partial charge is 0.272 e. The fourth-order valence-corrected chi connectivity index (χ4v) is 6.22. The standard InChI is InChI=1S/C30H25ClN2OS/c1-18(2)20-9-7-19(8-10-20)17-26-29(34)33-28(22-11-14-23(31)15-12-22)25-16-13-21-5-3-4-6-24(21)27(25)32-30(33)35-26/h3-12,14-15,17-18,28H,13,16H2,1-2H3/b26-17+/t28-/m0/s1. The van der Waals surface area contributed by atoms with Crippen LogP contribution in [0, 0.1) is 0 Å². The molecular formula is C30H25ClN2OS. The van der Waals surface area contributed by atoms with Crippen LogP contribution in [0.3, 0.4) is 0 Å². The SMILES string of the molecule is CC(C)c1ccc(/C=c2/sc3n(c2=O)[C@@H](c2ccc(Cl)cc2)C2=C(N=3)c3ccccc3CC2)cc1. The molecule has 35 heavy (non-hydrogen) atoms. The Kier molecular flexibility index (Phi) is 5.58. The molecule has 0 spiro atoms. The number of halogens is 1. The molecule has 0 fully saturated rings. The molecule has 3 nitrogen and oxygen atoms in total. The highest BCUT2D eigenvalue weighted by Gasteiger charge is 2.32. The van der Waals surface area contributed by atoms with E-state index in [1.54, 1.807) is 0 Å². The minimum absolute atomic E-state index is 0.00652. The number of nitrogens with zero attached hydrogens (tertiary/aromatic N) is 2. The smallest absolute Gasteiger partial charge is 0.271 e. The van der Waals surface area contributed by atoms with Gasteiger partial charge in [0.15, 0.2) is 4.80 Å². The van der Waals surface area contributed by atoms with Gasteiger partial charge in [-0.1, -0.05) is 97.4 Å². The molecule has 0 saturated heterocycles. The lowest BCUT2D eigenvalue weighted by Crippen LogP contribution is -2.38. The van der Waals surface area contributed by atoms with Crippen molar-refractivity contribution in [1.82, 2.24) is 4.57 Å². The molecule has 0 saturated carbocycles. The van der Waals surface area contributed by atoms with Crippen molar-refractivity contribution in [2.24, 2.45) is 4.99 Å². The predicted octanol–water partition coefficient (Wildman–Crippen LogP) is 6.10. The third-order valence-corrected chi connectivity index (χ3v) is 8.19. The maximum atomic E-state index is 13.8. The monoisotopic (exact) mass is 496 g/mol. The Balaban J connectivity index is 1.57. The average Bonchev–Trinajstić information content (AvgIpc) is 3.18. The lowest BCUT2D eigenvalue weighted by Gasteiger charge is -2.30. The zero-order valence-electron chi connectivity index (χ0n) is 19.7. The van der Waals surface area contributed by atoms with Crippen LogP contribution in [-0.2, 0) is 6.42 Å². The van der Waals surface area contributed by atoms with Gasteiger partial charge in [-0.05, 0) is 64.8 Å². The molecule has 1 atom stereocenters. The summed E-state index contributed by atoms with van der Waals surface area (Å²) in [6.07, 6.45) is 3.81. The molecule has 1 aliphatic heterocycles. The summed E-state index contributed by atoms with van der Waals surface area (Å²) in [5.74, 6) is 0.475. The Morgan fingerprint density at radius 3 is 2.49 bits per heavy atom. The van der Waals surface area contributed by atoms with Crippen molar-refractivity contribution in [2.75, 3.05) is 0 Å². The van der Waals surface area contributed by atoms with Gasteiger partial charge >= 0.3 is 0 Å². The van der Waals surface area contributed by atoms with Crippen LogP contribution in [0.5, 0.6) is 0 Å². The lowest BCUT2D eigenvalue weighted by molar-refractivity contribution is 0.585. The number of benzene rings is 3. The second-order valence-corrected chi connectivity index (χ2v) is 10.9. The van der Waals surface area contributed by atoms with Crippen molar-refractivity contribution < 1.29 is 0 Å². The van der Waals surface area contributed by atoms with Crippen molar-refractivity contribution in [1.29, 1.82) is 0 Å². The molecule has 1 aliphatic carbocycles. The van der Waals surface area contributed by atoms with Crippen LogP contribution in [0.2, 0.25) is 5.02 Å². The van der Waals surface area contributed by atoms with Crippen LogP contribution in [0.15, 0.2) is 88.2 Å². The van der Waals surface area contributed by atoms with Crippen LogP contribution in [0.25, 0.3) is 11.8 Å². The first-order valence-electron chi connectivity index (χ1n) is 12.0. The minimum atomic E-state index is -0.183. The Bertz CT molecular complexity index is 1640. The summed E-state index contributed by atoms with van der Waals surface area (Å²) < 4.78 is 2.59. The summed E-state index contributed by atoms with van der Waals surface area (Å²) in [6, 6.07) is 24.6. The molecule has 4 aromatic rings. The quantitative estimate of drug-likeness (QED) is 0.337. The molecule has 0 amide bonds. The first-order chi connectivity index (χ1) is 17.0. The van der Waals surface area contributed by atoms with Crippen LogP contribution in [0.1, 0.15) is 60.0 Å². The maximum Gasteiger partial charge on any atom is 0.271 e. The number of hydrogen-bond donors (Lipinski definition) is 0. The molecule has 1 aromatic heterocycles. The molecule has 2 heterocycles. The highest BCUT2D eigenvalue weighted by Crippen LogP contribution is 2.41. The molecule has 0 bridgehead atoms. The zero-order valence-corrected chi connectivity index (χ0v) is 21.2. The first kappa shape index (κ1) is 22.3. The van der Waals surface area contributed by atoms with Gasteiger partial charge in [0.1, 0.15) is 0 Å². The van der Waals surface area contributed by atoms with E-state index in [9.17, 15) is 4.79 Å². The van der Waals surface area contributed by atoms with E-state index in [4.69, 9.17) is 16.6 Å². The Labute approximate surface area is 213 Å². The number of thiazole rings is 1. The van der Waals surface area contributed by atoms with Crippen LogP contribution in [0.4, 0.5) is 0 Å². The van der Waals surface area contributed by atoms with Crippen molar-refractivity contribution in [2.45, 2.75) is 38.6 Å². The van der Waals surface area contributed by atoms with Gasteiger partial charge in [0.25, 0.3) is 5.56 Å². The summed E-state index contributed by atoms with van der Waals surface area (Å²) in [7, 11) is 0. The highest BCUT2D eigenvalue weighted by molar-refractivity contribution is 7.07. The molecule has 0 unspecified atom stereocenters. The number of fused-ring (bicyclic) bond motifs is 3. The molecule has 3 aromatic carbocycles. The Morgan fingerprint density at radius 2 is 1.74 bits per heavy atom. The van der Waals surface area contributed by atoms with Gasteiger partial charge in [-0.25, -0.2) is 4.99 Å². The average molecular weight is 497 g/mol. The summed E-state index contributed by atoms with van der Waals surface area (Å²) in [5, 5.41) is 0.689. The van der Waals surface area contributed by atoms with Crippen LogP contribution >= 0.6 is 22.9 Å². The summed E-state index contributed by atoms with van der Waals surface area (Å²) in [5.41, 5.74) is 8.09. The van der Waals surface area contributed by atoms with E-state index in [2.05, 4.69) is 62.4 Å². The van der Waals surface area contributed by atoms with E-state index >= 15 is 0 Å². The molecule has 6 rings (SSSR count). The van der Waals surface area contributed by atoms with Crippen LogP contribution < -0.4 is 14.9 Å². The van der Waals surface area contributed by atoms with Crippen LogP contribution in [-0.4, -0.2) is 4.57 Å². The Hall–Kier alpha value is -3.21. The minimum Gasteiger partial charge on any atom is -0.272 e. The van der Waals surface area contributed by atoms with Crippen molar-refractivity contribution in [3.8, 4) is 0 Å². The fourth-order valence-electron chi connectivity index (χ4n) is 5.10. The van der Waals surface area contributed by atoms with E-state index in [1.807, 2.05) is 34.9 Å². The van der Waals surface area contributed by atoms with Gasteiger partial charge in [0, 0.05) is 10.6 Å². The summed E-state index contributed by atoms with van der Waals surface area (Å²) in [4.78, 5) is 19.6. The van der Waals surface area contributed by atoms with Crippen molar-refractivity contribution >= 4 is 34.7 Å². The number of allylic oxidation sites excluding steroid dienone is 1. The third-order valence-electron chi connectivity index (χ3n) is 6.96. The number of rotatable bonds is 3. The predicted molar refractivity (Wildman–Crippen MR) is 145 cm³/mol. The third kappa shape index (κ3) is 3.91.